The first-order valence-electron chi connectivity index (χ1n) is 5.60. The standard InChI is InChI=1S/C15H10ClN2O/c16-15-7-5-13(6-8-15)10-18-19-11-14-3-1-12(9-17)2-4-14/h1-8H,11H2. The van der Waals surface area contributed by atoms with Gasteiger partial charge in [0, 0.05) is 10.6 Å². The maximum Gasteiger partial charge on any atom is 0.142 e. The molecular weight excluding hydrogens is 260 g/mol. The number of hydrogen-bond donors (Lipinski definition) is 0. The highest BCUT2D eigenvalue weighted by Crippen LogP contribution is 2.08. The Labute approximate surface area is 116 Å². The predicted molar refractivity (Wildman–Crippen MR) is 73.9 cm³/mol. The fourth-order valence-corrected chi connectivity index (χ4v) is 1.52. The van der Waals surface area contributed by atoms with Crippen LogP contribution < -0.4 is 0 Å². The Bertz CT molecular complexity index is 598. The van der Waals surface area contributed by atoms with Crippen LogP contribution in [0.25, 0.3) is 0 Å². The van der Waals surface area contributed by atoms with Crippen molar-refractivity contribution in [2.24, 2.45) is 5.16 Å². The van der Waals surface area contributed by atoms with E-state index in [0.29, 0.717) is 17.2 Å². The second-order valence-electron chi connectivity index (χ2n) is 3.79. The van der Waals surface area contributed by atoms with Crippen molar-refractivity contribution >= 4 is 17.8 Å². The molecule has 0 aromatic heterocycles. The molecule has 0 spiro atoms. The van der Waals surface area contributed by atoms with E-state index in [4.69, 9.17) is 21.7 Å². The Morgan fingerprint density at radius 1 is 1.00 bits per heavy atom. The van der Waals surface area contributed by atoms with Gasteiger partial charge in [0.15, 0.2) is 0 Å². The minimum Gasteiger partial charge on any atom is -0.390 e. The lowest BCUT2D eigenvalue weighted by Gasteiger charge is -1.99. The summed E-state index contributed by atoms with van der Waals surface area (Å²) in [5.41, 5.74) is 2.37. The summed E-state index contributed by atoms with van der Waals surface area (Å²) in [5, 5.41) is 13.1. The Balaban J connectivity index is 1.85. The van der Waals surface area contributed by atoms with E-state index >= 15 is 0 Å². The van der Waals surface area contributed by atoms with E-state index in [1.54, 1.807) is 36.4 Å². The maximum atomic E-state index is 8.67. The normalized spacial score (nSPS) is 10.3. The van der Waals surface area contributed by atoms with Gasteiger partial charge in [-0.3, -0.25) is 0 Å². The lowest BCUT2D eigenvalue weighted by molar-refractivity contribution is 0.132. The van der Waals surface area contributed by atoms with Crippen molar-refractivity contribution in [3.63, 3.8) is 0 Å². The van der Waals surface area contributed by atoms with Crippen LogP contribution in [0.15, 0.2) is 53.7 Å². The summed E-state index contributed by atoms with van der Waals surface area (Å²) in [4.78, 5) is 5.13. The van der Waals surface area contributed by atoms with Gasteiger partial charge in [0.05, 0.1) is 11.6 Å². The third kappa shape index (κ3) is 4.13. The monoisotopic (exact) mass is 269 g/mol. The molecule has 0 unspecified atom stereocenters. The number of halogens is 1. The first kappa shape index (κ1) is 13.1. The summed E-state index contributed by atoms with van der Waals surface area (Å²) in [6.45, 7) is 0.340. The molecule has 0 N–H and O–H groups in total. The summed E-state index contributed by atoms with van der Waals surface area (Å²) in [7, 11) is 0. The first-order valence-corrected chi connectivity index (χ1v) is 5.98. The molecule has 2 aromatic rings. The van der Waals surface area contributed by atoms with Gasteiger partial charge in [0.2, 0.25) is 0 Å². The topological polar surface area (TPSA) is 45.4 Å². The second kappa shape index (κ2) is 6.58. The van der Waals surface area contributed by atoms with Crippen LogP contribution in [0.2, 0.25) is 5.02 Å². The molecule has 0 saturated carbocycles. The molecule has 0 aliphatic heterocycles. The summed E-state index contributed by atoms with van der Waals surface area (Å²) in [6, 6.07) is 16.3. The van der Waals surface area contributed by atoms with E-state index in [1.807, 2.05) is 12.1 Å². The van der Waals surface area contributed by atoms with Crippen molar-refractivity contribution in [3.05, 3.63) is 70.2 Å². The number of nitrogens with zero attached hydrogens (tertiary/aromatic N) is 2. The molecule has 0 bridgehead atoms. The molecule has 4 heteroatoms. The molecule has 0 aliphatic carbocycles. The molecular formula is C15H10ClN2O. The van der Waals surface area contributed by atoms with Gasteiger partial charge in [-0.1, -0.05) is 41.0 Å². The Hall–Kier alpha value is -2.31. The zero-order valence-corrected chi connectivity index (χ0v) is 10.8. The minimum atomic E-state index is 0.340. The van der Waals surface area contributed by atoms with Crippen molar-refractivity contribution in [1.82, 2.24) is 0 Å². The number of nitriles is 1. The van der Waals surface area contributed by atoms with E-state index in [2.05, 4.69) is 17.4 Å². The molecule has 0 amide bonds. The van der Waals surface area contributed by atoms with E-state index < -0.39 is 0 Å². The highest BCUT2D eigenvalue weighted by atomic mass is 35.5. The molecule has 0 aliphatic rings. The van der Waals surface area contributed by atoms with Crippen molar-refractivity contribution in [1.29, 1.82) is 5.26 Å². The molecule has 0 atom stereocenters. The lowest BCUT2D eigenvalue weighted by Crippen LogP contribution is -1.88. The highest BCUT2D eigenvalue weighted by Gasteiger charge is 1.94. The van der Waals surface area contributed by atoms with Gasteiger partial charge in [-0.15, -0.1) is 0 Å². The Morgan fingerprint density at radius 3 is 2.26 bits per heavy atom. The maximum absolute atomic E-state index is 8.67. The Morgan fingerprint density at radius 2 is 1.63 bits per heavy atom. The zero-order valence-electron chi connectivity index (χ0n) is 10.0. The number of rotatable bonds is 4. The molecule has 3 nitrogen and oxygen atoms in total. The fourth-order valence-electron chi connectivity index (χ4n) is 1.39. The van der Waals surface area contributed by atoms with Gasteiger partial charge in [-0.25, -0.2) is 0 Å². The SMILES string of the molecule is N#Cc1ccc(CO/N=[C]\c2ccc(Cl)cc2)cc1. The average Bonchev–Trinajstić information content (AvgIpc) is 2.46. The van der Waals surface area contributed by atoms with Gasteiger partial charge in [0.1, 0.15) is 12.8 Å². The number of hydrogen-bond acceptors (Lipinski definition) is 3. The van der Waals surface area contributed by atoms with Crippen molar-refractivity contribution < 1.29 is 4.84 Å². The van der Waals surface area contributed by atoms with E-state index in [-0.39, 0.29) is 0 Å². The van der Waals surface area contributed by atoms with Crippen LogP contribution in [0.1, 0.15) is 16.7 Å². The van der Waals surface area contributed by atoms with Crippen LogP contribution in [0, 0.1) is 11.3 Å². The lowest BCUT2D eigenvalue weighted by atomic mass is 10.2. The van der Waals surface area contributed by atoms with Crippen LogP contribution in [0.3, 0.4) is 0 Å². The van der Waals surface area contributed by atoms with Gasteiger partial charge >= 0.3 is 0 Å². The molecule has 93 valence electrons. The largest absolute Gasteiger partial charge is 0.390 e. The average molecular weight is 270 g/mol. The van der Waals surface area contributed by atoms with Crippen LogP contribution in [0.4, 0.5) is 0 Å². The number of benzene rings is 2. The quantitative estimate of drug-likeness (QED) is 0.628. The van der Waals surface area contributed by atoms with Gasteiger partial charge < -0.3 is 4.84 Å². The highest BCUT2D eigenvalue weighted by molar-refractivity contribution is 6.30. The molecule has 2 aromatic carbocycles. The van der Waals surface area contributed by atoms with E-state index in [9.17, 15) is 0 Å². The Kier molecular flexibility index (Phi) is 4.54. The summed E-state index contributed by atoms with van der Waals surface area (Å²) in [5.74, 6) is 0. The van der Waals surface area contributed by atoms with Gasteiger partial charge in [-0.05, 0) is 29.8 Å². The summed E-state index contributed by atoms with van der Waals surface area (Å²) in [6.07, 6.45) is 2.76. The van der Waals surface area contributed by atoms with E-state index in [1.165, 1.54) is 0 Å². The molecule has 0 saturated heterocycles. The van der Waals surface area contributed by atoms with Crippen LogP contribution in [0.5, 0.6) is 0 Å². The molecule has 19 heavy (non-hydrogen) atoms. The van der Waals surface area contributed by atoms with Crippen LogP contribution in [-0.4, -0.2) is 6.21 Å². The minimum absolute atomic E-state index is 0.340. The van der Waals surface area contributed by atoms with Crippen LogP contribution in [-0.2, 0) is 11.4 Å². The van der Waals surface area contributed by atoms with Gasteiger partial charge in [-0.2, -0.15) is 5.26 Å². The van der Waals surface area contributed by atoms with Gasteiger partial charge in [0.25, 0.3) is 0 Å². The smallest absolute Gasteiger partial charge is 0.142 e. The van der Waals surface area contributed by atoms with Crippen LogP contribution >= 0.6 is 11.6 Å². The molecule has 0 heterocycles. The first-order chi connectivity index (χ1) is 9.28. The van der Waals surface area contributed by atoms with Crippen molar-refractivity contribution in [2.75, 3.05) is 0 Å². The van der Waals surface area contributed by atoms with Crippen molar-refractivity contribution in [3.8, 4) is 6.07 Å². The molecule has 0 fully saturated rings. The summed E-state index contributed by atoms with van der Waals surface area (Å²) < 4.78 is 0. The summed E-state index contributed by atoms with van der Waals surface area (Å²) >= 11 is 5.77. The second-order valence-corrected chi connectivity index (χ2v) is 4.23. The predicted octanol–water partition coefficient (Wildman–Crippen LogP) is 3.64. The van der Waals surface area contributed by atoms with Crippen molar-refractivity contribution in [2.45, 2.75) is 6.61 Å². The third-order valence-electron chi connectivity index (χ3n) is 2.40. The fraction of sp³-hybridized carbons (Fsp3) is 0.0667. The van der Waals surface area contributed by atoms with E-state index in [0.717, 1.165) is 11.1 Å². The third-order valence-corrected chi connectivity index (χ3v) is 2.65. The zero-order chi connectivity index (χ0) is 13.5. The molecule has 2 rings (SSSR count). The molecule has 1 radical (unpaired) electrons.